The molecular formula is C16H27NO. The molecule has 0 heterocycles. The predicted molar refractivity (Wildman–Crippen MR) is 78.3 cm³/mol. The van der Waals surface area contributed by atoms with E-state index in [1.807, 2.05) is 14.0 Å². The molecule has 0 aliphatic carbocycles. The molecule has 0 aromatic heterocycles. The van der Waals surface area contributed by atoms with Crippen LogP contribution in [-0.4, -0.2) is 25.8 Å². The van der Waals surface area contributed by atoms with E-state index < -0.39 is 0 Å². The van der Waals surface area contributed by atoms with Gasteiger partial charge in [0.05, 0.1) is 6.10 Å². The van der Waals surface area contributed by atoms with Crippen molar-refractivity contribution in [3.63, 3.8) is 0 Å². The zero-order valence-electron chi connectivity index (χ0n) is 12.6. The molecule has 0 spiro atoms. The fourth-order valence-electron chi connectivity index (χ4n) is 2.63. The van der Waals surface area contributed by atoms with Gasteiger partial charge in [-0.25, -0.2) is 0 Å². The average molecular weight is 249 g/mol. The van der Waals surface area contributed by atoms with E-state index in [0.29, 0.717) is 6.04 Å². The summed E-state index contributed by atoms with van der Waals surface area (Å²) in [4.78, 5) is 0. The molecule has 0 aliphatic rings. The van der Waals surface area contributed by atoms with Gasteiger partial charge in [0.2, 0.25) is 0 Å². The van der Waals surface area contributed by atoms with Crippen molar-refractivity contribution in [1.82, 2.24) is 5.32 Å². The van der Waals surface area contributed by atoms with Crippen LogP contribution in [0.5, 0.6) is 0 Å². The minimum absolute atomic E-state index is 0.236. The monoisotopic (exact) mass is 249 g/mol. The molecule has 2 nitrogen and oxygen atoms in total. The molecule has 1 aromatic rings. The first-order valence-corrected chi connectivity index (χ1v) is 6.85. The Balaban J connectivity index is 2.88. The topological polar surface area (TPSA) is 21.3 Å². The van der Waals surface area contributed by atoms with E-state index in [4.69, 9.17) is 4.74 Å². The van der Waals surface area contributed by atoms with Crippen LogP contribution in [-0.2, 0) is 11.2 Å². The molecule has 0 radical (unpaired) electrons. The van der Waals surface area contributed by atoms with Crippen LogP contribution in [0, 0.1) is 20.8 Å². The number of likely N-dealkylation sites (N-methyl/N-ethyl adjacent to an activating group) is 1. The first kappa shape index (κ1) is 15.2. The number of hydrogen-bond acceptors (Lipinski definition) is 2. The van der Waals surface area contributed by atoms with Crippen molar-refractivity contribution >= 4 is 0 Å². The van der Waals surface area contributed by atoms with Crippen LogP contribution in [0.2, 0.25) is 0 Å². The highest BCUT2D eigenvalue weighted by Crippen LogP contribution is 2.19. The molecule has 0 aliphatic heterocycles. The number of ether oxygens (including phenoxy) is 1. The van der Waals surface area contributed by atoms with Crippen molar-refractivity contribution < 1.29 is 4.74 Å². The molecule has 1 rings (SSSR count). The van der Waals surface area contributed by atoms with Gasteiger partial charge < -0.3 is 10.1 Å². The number of hydrogen-bond donors (Lipinski definition) is 1. The fourth-order valence-corrected chi connectivity index (χ4v) is 2.63. The first-order valence-electron chi connectivity index (χ1n) is 6.85. The van der Waals surface area contributed by atoms with E-state index in [-0.39, 0.29) is 6.10 Å². The van der Waals surface area contributed by atoms with Gasteiger partial charge in [0.25, 0.3) is 0 Å². The molecule has 2 unspecified atom stereocenters. The minimum Gasteiger partial charge on any atom is -0.377 e. The van der Waals surface area contributed by atoms with Crippen LogP contribution in [0.1, 0.15) is 36.1 Å². The summed E-state index contributed by atoms with van der Waals surface area (Å²) in [5.74, 6) is 0. The molecule has 2 heteroatoms. The third-order valence-corrected chi connectivity index (χ3v) is 3.63. The van der Waals surface area contributed by atoms with Gasteiger partial charge in [0.15, 0.2) is 0 Å². The van der Waals surface area contributed by atoms with Gasteiger partial charge in [-0.3, -0.25) is 0 Å². The summed E-state index contributed by atoms with van der Waals surface area (Å²) in [6.45, 7) is 11.5. The lowest BCUT2D eigenvalue weighted by atomic mass is 9.93. The highest BCUT2D eigenvalue weighted by molar-refractivity contribution is 5.38. The Bertz CT molecular complexity index is 364. The van der Waals surface area contributed by atoms with Crippen molar-refractivity contribution in [3.05, 3.63) is 34.4 Å². The van der Waals surface area contributed by atoms with Gasteiger partial charge in [0, 0.05) is 12.6 Å². The van der Waals surface area contributed by atoms with E-state index >= 15 is 0 Å². The third-order valence-electron chi connectivity index (χ3n) is 3.63. The summed E-state index contributed by atoms with van der Waals surface area (Å²) < 4.78 is 5.71. The van der Waals surface area contributed by atoms with Gasteiger partial charge >= 0.3 is 0 Å². The largest absolute Gasteiger partial charge is 0.377 e. The highest BCUT2D eigenvalue weighted by atomic mass is 16.5. The van der Waals surface area contributed by atoms with Crippen LogP contribution in [0.15, 0.2) is 12.1 Å². The summed E-state index contributed by atoms with van der Waals surface area (Å²) in [6, 6.07) is 4.89. The van der Waals surface area contributed by atoms with Gasteiger partial charge in [-0.2, -0.15) is 0 Å². The van der Waals surface area contributed by atoms with E-state index in [9.17, 15) is 0 Å². The van der Waals surface area contributed by atoms with E-state index in [0.717, 1.165) is 13.0 Å². The maximum atomic E-state index is 5.71. The second-order valence-electron chi connectivity index (χ2n) is 5.14. The molecule has 18 heavy (non-hydrogen) atoms. The molecule has 1 aromatic carbocycles. The second kappa shape index (κ2) is 6.91. The van der Waals surface area contributed by atoms with Crippen molar-refractivity contribution in [2.45, 2.75) is 53.2 Å². The lowest BCUT2D eigenvalue weighted by molar-refractivity contribution is 0.0496. The van der Waals surface area contributed by atoms with E-state index in [1.165, 1.54) is 22.3 Å². The number of aryl methyl sites for hydroxylation is 3. The molecule has 102 valence electrons. The van der Waals surface area contributed by atoms with Crippen LogP contribution in [0.3, 0.4) is 0 Å². The van der Waals surface area contributed by atoms with Gasteiger partial charge in [-0.15, -0.1) is 0 Å². The molecule has 0 amide bonds. The zero-order valence-corrected chi connectivity index (χ0v) is 12.6. The summed E-state index contributed by atoms with van der Waals surface area (Å²) in [5, 5.41) is 3.38. The maximum absolute atomic E-state index is 5.71. The normalized spacial score (nSPS) is 14.6. The molecule has 0 saturated heterocycles. The Kier molecular flexibility index (Phi) is 5.83. The average Bonchev–Trinajstić information content (AvgIpc) is 2.28. The van der Waals surface area contributed by atoms with Crippen molar-refractivity contribution in [1.29, 1.82) is 0 Å². The van der Waals surface area contributed by atoms with E-state index in [2.05, 4.69) is 45.1 Å². The van der Waals surface area contributed by atoms with Crippen LogP contribution >= 0.6 is 0 Å². The summed E-state index contributed by atoms with van der Waals surface area (Å²) >= 11 is 0. The zero-order chi connectivity index (χ0) is 13.7. The molecular weight excluding hydrogens is 222 g/mol. The quantitative estimate of drug-likeness (QED) is 0.836. The van der Waals surface area contributed by atoms with Crippen LogP contribution in [0.4, 0.5) is 0 Å². The lowest BCUT2D eigenvalue weighted by Gasteiger charge is -2.25. The third kappa shape index (κ3) is 3.82. The van der Waals surface area contributed by atoms with Crippen molar-refractivity contribution in [3.8, 4) is 0 Å². The number of rotatable bonds is 6. The van der Waals surface area contributed by atoms with Crippen molar-refractivity contribution in [2.75, 3.05) is 13.7 Å². The Morgan fingerprint density at radius 1 is 1.17 bits per heavy atom. The molecule has 1 N–H and O–H groups in total. The number of nitrogens with one attached hydrogen (secondary N) is 1. The molecule has 0 saturated carbocycles. The van der Waals surface area contributed by atoms with Gasteiger partial charge in [-0.1, -0.05) is 17.7 Å². The molecule has 0 fully saturated rings. The number of benzene rings is 1. The highest BCUT2D eigenvalue weighted by Gasteiger charge is 2.18. The Labute approximate surface area is 112 Å². The lowest BCUT2D eigenvalue weighted by Crippen LogP contribution is -2.39. The molecule has 0 bridgehead atoms. The summed E-state index contributed by atoms with van der Waals surface area (Å²) in [7, 11) is 2.01. The second-order valence-corrected chi connectivity index (χ2v) is 5.14. The smallest absolute Gasteiger partial charge is 0.0702 e. The Morgan fingerprint density at radius 3 is 2.17 bits per heavy atom. The summed E-state index contributed by atoms with van der Waals surface area (Å²) in [5.41, 5.74) is 5.56. The Morgan fingerprint density at radius 2 is 1.72 bits per heavy atom. The first-order chi connectivity index (χ1) is 8.49. The SMILES string of the molecule is CCOC(C)C(Cc1c(C)cc(C)cc1C)NC. The maximum Gasteiger partial charge on any atom is 0.0702 e. The van der Waals surface area contributed by atoms with E-state index in [1.54, 1.807) is 0 Å². The van der Waals surface area contributed by atoms with Crippen LogP contribution in [0.25, 0.3) is 0 Å². The van der Waals surface area contributed by atoms with Gasteiger partial charge in [0.1, 0.15) is 0 Å². The predicted octanol–water partition coefficient (Wildman–Crippen LogP) is 3.17. The van der Waals surface area contributed by atoms with Gasteiger partial charge in [-0.05, 0) is 64.8 Å². The molecule has 2 atom stereocenters. The standard InChI is InChI=1S/C16H27NO/c1-7-18-14(5)16(17-6)10-15-12(3)8-11(2)9-13(15)4/h8-9,14,16-17H,7,10H2,1-6H3. The fraction of sp³-hybridized carbons (Fsp3) is 0.625. The van der Waals surface area contributed by atoms with Crippen LogP contribution < -0.4 is 5.32 Å². The summed E-state index contributed by atoms with van der Waals surface area (Å²) in [6.07, 6.45) is 1.26. The Hall–Kier alpha value is -0.860. The van der Waals surface area contributed by atoms with Crippen molar-refractivity contribution in [2.24, 2.45) is 0 Å². The minimum atomic E-state index is 0.236.